The minimum absolute atomic E-state index is 0. The van der Waals surface area contributed by atoms with Crippen molar-refractivity contribution in [2.45, 2.75) is 46.2 Å². The molecule has 1 fully saturated rings. The molecular weight excluding hydrogens is 525 g/mol. The van der Waals surface area contributed by atoms with Gasteiger partial charge in [0.05, 0.1) is 11.4 Å². The highest BCUT2D eigenvalue weighted by Gasteiger charge is 2.21. The number of piperidine rings is 1. The van der Waals surface area contributed by atoms with Gasteiger partial charge in [-0.1, -0.05) is 24.3 Å². The number of nitrogens with zero attached hydrogens (tertiary/aromatic N) is 5. The van der Waals surface area contributed by atoms with Gasteiger partial charge in [-0.2, -0.15) is 5.10 Å². The van der Waals surface area contributed by atoms with Crippen molar-refractivity contribution in [1.82, 2.24) is 25.4 Å². The molecule has 0 bridgehead atoms. The van der Waals surface area contributed by atoms with Crippen LogP contribution >= 0.6 is 24.0 Å². The molecule has 2 N–H and O–H groups in total. The van der Waals surface area contributed by atoms with E-state index in [2.05, 4.69) is 86.9 Å². The summed E-state index contributed by atoms with van der Waals surface area (Å²) in [4.78, 5) is 11.4. The summed E-state index contributed by atoms with van der Waals surface area (Å²) in [6.45, 7) is 8.85. The molecule has 7 nitrogen and oxygen atoms in total. The van der Waals surface area contributed by atoms with E-state index in [1.807, 2.05) is 24.9 Å². The number of aliphatic imine (C=N–C) groups is 1. The molecule has 4 rings (SSSR count). The fourth-order valence-corrected chi connectivity index (χ4v) is 4.21. The lowest BCUT2D eigenvalue weighted by Crippen LogP contribution is -2.48. The van der Waals surface area contributed by atoms with E-state index in [0.717, 1.165) is 54.8 Å². The van der Waals surface area contributed by atoms with Crippen molar-refractivity contribution in [3.63, 3.8) is 0 Å². The van der Waals surface area contributed by atoms with Gasteiger partial charge in [-0.15, -0.1) is 24.0 Å². The third kappa shape index (κ3) is 6.25. The van der Waals surface area contributed by atoms with Crippen LogP contribution in [0.3, 0.4) is 0 Å². The van der Waals surface area contributed by atoms with Gasteiger partial charge in [-0.3, -0.25) is 4.99 Å². The summed E-state index contributed by atoms with van der Waals surface area (Å²) in [6, 6.07) is 15.1. The van der Waals surface area contributed by atoms with Crippen molar-refractivity contribution in [2.75, 3.05) is 25.0 Å². The number of halogens is 1. The van der Waals surface area contributed by atoms with E-state index in [1.54, 1.807) is 0 Å². The van der Waals surface area contributed by atoms with Crippen LogP contribution in [-0.4, -0.2) is 46.9 Å². The van der Waals surface area contributed by atoms with E-state index in [0.29, 0.717) is 12.6 Å². The summed E-state index contributed by atoms with van der Waals surface area (Å²) >= 11 is 0. The zero-order valence-electron chi connectivity index (χ0n) is 19.9. The summed E-state index contributed by atoms with van der Waals surface area (Å²) in [6.07, 6.45) is 4.05. The van der Waals surface area contributed by atoms with Gasteiger partial charge in [0, 0.05) is 44.6 Å². The Kier molecular flexibility index (Phi) is 8.71. The summed E-state index contributed by atoms with van der Waals surface area (Å²) in [5.74, 6) is 1.90. The topological polar surface area (TPSA) is 70.4 Å². The average Bonchev–Trinajstić information content (AvgIpc) is 3.15. The molecule has 3 heterocycles. The van der Waals surface area contributed by atoms with Crippen LogP contribution in [0.1, 0.15) is 35.4 Å². The third-order valence-electron chi connectivity index (χ3n) is 5.95. The number of hydrogen-bond acceptors (Lipinski definition) is 4. The van der Waals surface area contributed by atoms with Crippen molar-refractivity contribution in [1.29, 1.82) is 0 Å². The molecule has 0 amide bonds. The molecule has 0 saturated carbocycles. The van der Waals surface area contributed by atoms with Gasteiger partial charge in [0.1, 0.15) is 5.82 Å². The summed E-state index contributed by atoms with van der Waals surface area (Å²) in [5.41, 5.74) is 5.63. The predicted octanol–water partition coefficient (Wildman–Crippen LogP) is 4.14. The van der Waals surface area contributed by atoms with Gasteiger partial charge < -0.3 is 15.5 Å². The molecule has 1 saturated heterocycles. The normalized spacial score (nSPS) is 14.7. The molecule has 8 heteroatoms. The van der Waals surface area contributed by atoms with E-state index in [9.17, 15) is 0 Å². The van der Waals surface area contributed by atoms with Crippen LogP contribution in [-0.2, 0) is 6.54 Å². The van der Waals surface area contributed by atoms with Crippen LogP contribution < -0.4 is 15.5 Å². The number of aryl methyl sites for hydroxylation is 3. The summed E-state index contributed by atoms with van der Waals surface area (Å²) < 4.78 is 2.01. The van der Waals surface area contributed by atoms with Gasteiger partial charge in [0.25, 0.3) is 0 Å². The van der Waals surface area contributed by atoms with Gasteiger partial charge >= 0.3 is 0 Å². The minimum atomic E-state index is 0. The molecule has 2 aromatic heterocycles. The third-order valence-corrected chi connectivity index (χ3v) is 5.95. The Morgan fingerprint density at radius 2 is 1.85 bits per heavy atom. The van der Waals surface area contributed by atoms with E-state index < -0.39 is 0 Å². The van der Waals surface area contributed by atoms with Crippen molar-refractivity contribution >= 4 is 35.8 Å². The molecule has 1 aromatic carbocycles. The Morgan fingerprint density at radius 1 is 1.09 bits per heavy atom. The molecule has 1 aliphatic heterocycles. The lowest BCUT2D eigenvalue weighted by Gasteiger charge is -2.33. The van der Waals surface area contributed by atoms with E-state index in [-0.39, 0.29) is 24.0 Å². The van der Waals surface area contributed by atoms with Crippen molar-refractivity contribution in [3.8, 4) is 5.69 Å². The second kappa shape index (κ2) is 11.5. The molecule has 0 aliphatic carbocycles. The molecule has 176 valence electrons. The van der Waals surface area contributed by atoms with Gasteiger partial charge in [-0.25, -0.2) is 9.67 Å². The fraction of sp³-hybridized carbons (Fsp3) is 0.400. The predicted molar refractivity (Wildman–Crippen MR) is 146 cm³/mol. The van der Waals surface area contributed by atoms with Crippen LogP contribution in [0.4, 0.5) is 5.82 Å². The van der Waals surface area contributed by atoms with Crippen LogP contribution in [0.25, 0.3) is 5.69 Å². The van der Waals surface area contributed by atoms with E-state index in [1.165, 1.54) is 11.1 Å². The average molecular weight is 560 g/mol. The standard InChI is InChI=1S/C25H33N7.HI/c1-18-9-10-24(27-16-18)31-13-11-22(12-14-31)29-25(26-4)28-17-21-7-5-6-8-23(21)32-20(3)15-19(2)30-32;/h5-10,15-16,22H,11-14,17H2,1-4H3,(H2,26,28,29);1H. The zero-order valence-corrected chi connectivity index (χ0v) is 22.2. The number of aromatic nitrogens is 3. The number of hydrogen-bond donors (Lipinski definition) is 2. The molecule has 1 aliphatic rings. The first-order valence-corrected chi connectivity index (χ1v) is 11.3. The van der Waals surface area contributed by atoms with Crippen LogP contribution in [0.5, 0.6) is 0 Å². The number of guanidine groups is 1. The quantitative estimate of drug-likeness (QED) is 0.280. The molecule has 33 heavy (non-hydrogen) atoms. The van der Waals surface area contributed by atoms with Crippen LogP contribution in [0.15, 0.2) is 53.7 Å². The maximum absolute atomic E-state index is 4.65. The monoisotopic (exact) mass is 559 g/mol. The zero-order chi connectivity index (χ0) is 22.5. The molecule has 0 radical (unpaired) electrons. The Hall–Kier alpha value is -2.62. The highest BCUT2D eigenvalue weighted by molar-refractivity contribution is 14.0. The number of anilines is 1. The molecule has 0 spiro atoms. The second-order valence-corrected chi connectivity index (χ2v) is 8.49. The fourth-order valence-electron chi connectivity index (χ4n) is 4.21. The Morgan fingerprint density at radius 3 is 2.48 bits per heavy atom. The number of pyridine rings is 1. The highest BCUT2D eigenvalue weighted by atomic mass is 127. The first-order chi connectivity index (χ1) is 15.5. The minimum Gasteiger partial charge on any atom is -0.356 e. The smallest absolute Gasteiger partial charge is 0.191 e. The maximum Gasteiger partial charge on any atom is 0.191 e. The number of rotatable bonds is 5. The van der Waals surface area contributed by atoms with Crippen molar-refractivity contribution < 1.29 is 0 Å². The van der Waals surface area contributed by atoms with Gasteiger partial charge in [0.15, 0.2) is 5.96 Å². The SMILES string of the molecule is CN=C(NCc1ccccc1-n1nc(C)cc1C)NC1CCN(c2ccc(C)cn2)CC1.I. The maximum atomic E-state index is 4.65. The lowest BCUT2D eigenvalue weighted by molar-refractivity contribution is 0.459. The van der Waals surface area contributed by atoms with Crippen LogP contribution in [0, 0.1) is 20.8 Å². The van der Waals surface area contributed by atoms with Crippen molar-refractivity contribution in [3.05, 3.63) is 71.2 Å². The van der Waals surface area contributed by atoms with Gasteiger partial charge in [-0.05, 0) is 62.9 Å². The first kappa shape index (κ1) is 25.0. The second-order valence-electron chi connectivity index (χ2n) is 8.49. The Labute approximate surface area is 213 Å². The number of nitrogens with one attached hydrogen (secondary N) is 2. The Balaban J connectivity index is 0.00000306. The molecular formula is C25H34IN7. The molecule has 3 aromatic rings. The number of benzene rings is 1. The molecule has 0 atom stereocenters. The van der Waals surface area contributed by atoms with E-state index >= 15 is 0 Å². The van der Waals surface area contributed by atoms with Gasteiger partial charge in [0.2, 0.25) is 0 Å². The summed E-state index contributed by atoms with van der Waals surface area (Å²) in [7, 11) is 1.83. The van der Waals surface area contributed by atoms with Crippen LogP contribution in [0.2, 0.25) is 0 Å². The van der Waals surface area contributed by atoms with Crippen molar-refractivity contribution in [2.24, 2.45) is 4.99 Å². The largest absolute Gasteiger partial charge is 0.356 e. The summed E-state index contributed by atoms with van der Waals surface area (Å²) in [5, 5.41) is 11.7. The molecule has 0 unspecified atom stereocenters. The Bertz CT molecular complexity index is 1070. The lowest BCUT2D eigenvalue weighted by atomic mass is 10.1. The van der Waals surface area contributed by atoms with E-state index in [4.69, 9.17) is 0 Å². The first-order valence-electron chi connectivity index (χ1n) is 11.3. The number of para-hydroxylation sites is 1. The highest BCUT2D eigenvalue weighted by Crippen LogP contribution is 2.19.